The van der Waals surface area contributed by atoms with Gasteiger partial charge < -0.3 is 14.5 Å². The van der Waals surface area contributed by atoms with Crippen molar-refractivity contribution in [1.29, 1.82) is 0 Å². The van der Waals surface area contributed by atoms with Crippen molar-refractivity contribution in [3.8, 4) is 0 Å². The molecule has 9 heteroatoms. The first kappa shape index (κ1) is 26.3. The molecule has 2 unspecified atom stereocenters. The van der Waals surface area contributed by atoms with Gasteiger partial charge in [-0.05, 0) is 102 Å². The number of nitrogens with zero attached hydrogens (tertiary/aromatic N) is 3. The first-order valence-electron chi connectivity index (χ1n) is 13.8. The fourth-order valence-corrected chi connectivity index (χ4v) is 7.29. The SMILES string of the molecule is Cc1cc(N2CCC(N3CCC[C@@H]3C)CC2)ccc1N1CCCC2(CCCC2OC(=O)C(F)(F)F)C1=O. The van der Waals surface area contributed by atoms with E-state index in [0.29, 0.717) is 44.3 Å². The second-order valence-electron chi connectivity index (χ2n) is 11.4. The quantitative estimate of drug-likeness (QED) is 0.509. The minimum Gasteiger partial charge on any atom is -0.455 e. The maximum absolute atomic E-state index is 13.8. The Morgan fingerprint density at radius 2 is 1.73 bits per heavy atom. The Hall–Kier alpha value is -2.29. The third-order valence-corrected chi connectivity index (χ3v) is 9.24. The summed E-state index contributed by atoms with van der Waals surface area (Å²) in [5, 5.41) is 0. The lowest BCUT2D eigenvalue weighted by Crippen LogP contribution is -2.54. The Bertz CT molecular complexity index is 1020. The zero-order valence-electron chi connectivity index (χ0n) is 21.9. The third kappa shape index (κ3) is 4.95. The van der Waals surface area contributed by atoms with Gasteiger partial charge in [0.25, 0.3) is 0 Å². The van der Waals surface area contributed by atoms with Crippen LogP contribution >= 0.6 is 0 Å². The number of hydrogen-bond donors (Lipinski definition) is 0. The number of anilines is 2. The molecule has 0 N–H and O–H groups in total. The second kappa shape index (κ2) is 10.1. The summed E-state index contributed by atoms with van der Waals surface area (Å²) in [7, 11) is 0. The molecule has 1 amide bonds. The molecule has 3 aliphatic heterocycles. The van der Waals surface area contributed by atoms with Crippen LogP contribution < -0.4 is 9.80 Å². The summed E-state index contributed by atoms with van der Waals surface area (Å²) in [6, 6.07) is 7.49. The number of esters is 1. The first-order valence-corrected chi connectivity index (χ1v) is 13.8. The lowest BCUT2D eigenvalue weighted by Gasteiger charge is -2.43. The van der Waals surface area contributed by atoms with Crippen LogP contribution in [0.4, 0.5) is 24.5 Å². The largest absolute Gasteiger partial charge is 0.490 e. The van der Waals surface area contributed by atoms with E-state index in [1.165, 1.54) is 19.4 Å². The summed E-state index contributed by atoms with van der Waals surface area (Å²) < 4.78 is 43.5. The molecular formula is C28H38F3N3O3. The standard InChI is InChI=1S/C28H38F3N3O3/c1-19-18-22(32-16-10-21(11-17-32)33-14-4-6-20(33)2)8-9-23(19)34-15-5-13-27(25(34)35)12-3-7-24(27)37-26(36)28(29,30)31/h8-9,18,20-21,24H,3-7,10-17H2,1-2H3/t20-,24?,27?/m0/s1. The molecule has 1 spiro atoms. The number of ether oxygens (including phenoxy) is 1. The number of aryl methyl sites for hydroxylation is 1. The van der Waals surface area contributed by atoms with Crippen molar-refractivity contribution in [2.45, 2.75) is 96.0 Å². The lowest BCUT2D eigenvalue weighted by molar-refractivity contribution is -0.209. The molecule has 6 nitrogen and oxygen atoms in total. The highest BCUT2D eigenvalue weighted by Gasteiger charge is 2.56. The summed E-state index contributed by atoms with van der Waals surface area (Å²) in [5.74, 6) is -2.42. The molecule has 1 aromatic rings. The van der Waals surface area contributed by atoms with E-state index in [-0.39, 0.29) is 12.3 Å². The van der Waals surface area contributed by atoms with Gasteiger partial charge in [-0.25, -0.2) is 4.79 Å². The molecule has 1 aromatic carbocycles. The van der Waals surface area contributed by atoms with E-state index >= 15 is 0 Å². The van der Waals surface area contributed by atoms with Gasteiger partial charge in [0.15, 0.2) is 0 Å². The molecule has 1 aliphatic carbocycles. The molecule has 4 fully saturated rings. The minimum atomic E-state index is -5.06. The zero-order valence-corrected chi connectivity index (χ0v) is 21.9. The number of benzene rings is 1. The zero-order chi connectivity index (χ0) is 26.4. The summed E-state index contributed by atoms with van der Waals surface area (Å²) in [6.07, 6.45) is 1.20. The molecule has 37 heavy (non-hydrogen) atoms. The average Bonchev–Trinajstić information content (AvgIpc) is 3.47. The van der Waals surface area contributed by atoms with Gasteiger partial charge in [-0.15, -0.1) is 0 Å². The Morgan fingerprint density at radius 1 is 1.00 bits per heavy atom. The Morgan fingerprint density at radius 3 is 2.38 bits per heavy atom. The maximum Gasteiger partial charge on any atom is 0.490 e. The maximum atomic E-state index is 13.8. The minimum absolute atomic E-state index is 0.215. The summed E-state index contributed by atoms with van der Waals surface area (Å²) in [6.45, 7) is 8.06. The van der Waals surface area contributed by atoms with Gasteiger partial charge in [-0.3, -0.25) is 9.69 Å². The van der Waals surface area contributed by atoms with Gasteiger partial charge >= 0.3 is 12.1 Å². The van der Waals surface area contributed by atoms with Crippen LogP contribution in [0.25, 0.3) is 0 Å². The van der Waals surface area contributed by atoms with Crippen molar-refractivity contribution in [2.75, 3.05) is 36.0 Å². The van der Waals surface area contributed by atoms with E-state index in [4.69, 9.17) is 4.74 Å². The molecule has 3 atom stereocenters. The highest BCUT2D eigenvalue weighted by Crippen LogP contribution is 2.49. The number of piperidine rings is 2. The highest BCUT2D eigenvalue weighted by atomic mass is 19.4. The molecule has 3 saturated heterocycles. The van der Waals surface area contributed by atoms with Gasteiger partial charge in [0.05, 0.1) is 5.41 Å². The first-order chi connectivity index (χ1) is 17.6. The molecule has 0 radical (unpaired) electrons. The normalized spacial score (nSPS) is 29.9. The number of amides is 1. The smallest absolute Gasteiger partial charge is 0.455 e. The lowest BCUT2D eigenvalue weighted by atomic mass is 9.75. The summed E-state index contributed by atoms with van der Waals surface area (Å²) >= 11 is 0. The van der Waals surface area contributed by atoms with Crippen molar-refractivity contribution in [2.24, 2.45) is 5.41 Å². The Labute approximate surface area is 217 Å². The van der Waals surface area contributed by atoms with Crippen molar-refractivity contribution in [3.63, 3.8) is 0 Å². The van der Waals surface area contributed by atoms with E-state index in [1.807, 2.05) is 13.0 Å². The van der Waals surface area contributed by atoms with Crippen LogP contribution in [0.1, 0.15) is 70.3 Å². The van der Waals surface area contributed by atoms with E-state index in [0.717, 1.165) is 42.9 Å². The van der Waals surface area contributed by atoms with E-state index in [1.54, 1.807) is 4.90 Å². The Kier molecular flexibility index (Phi) is 7.20. The van der Waals surface area contributed by atoms with Crippen molar-refractivity contribution in [3.05, 3.63) is 23.8 Å². The van der Waals surface area contributed by atoms with Gasteiger partial charge in [0.1, 0.15) is 6.10 Å². The predicted molar refractivity (Wildman–Crippen MR) is 136 cm³/mol. The van der Waals surface area contributed by atoms with Gasteiger partial charge in [-0.1, -0.05) is 0 Å². The predicted octanol–water partition coefficient (Wildman–Crippen LogP) is 5.22. The number of rotatable bonds is 4. The summed E-state index contributed by atoms with van der Waals surface area (Å²) in [5.41, 5.74) is 1.84. The Balaban J connectivity index is 1.28. The van der Waals surface area contributed by atoms with E-state index < -0.39 is 23.7 Å². The fourth-order valence-electron chi connectivity index (χ4n) is 7.29. The van der Waals surface area contributed by atoms with Crippen LogP contribution in [-0.2, 0) is 14.3 Å². The number of alkyl halides is 3. The number of carbonyl (C=O) groups excluding carboxylic acids is 2. The van der Waals surface area contributed by atoms with Gasteiger partial charge in [0, 0.05) is 43.1 Å². The monoisotopic (exact) mass is 521 g/mol. The third-order valence-electron chi connectivity index (χ3n) is 9.24. The fraction of sp³-hybridized carbons (Fsp3) is 0.714. The van der Waals surface area contributed by atoms with E-state index in [2.05, 4.69) is 28.9 Å². The van der Waals surface area contributed by atoms with Crippen LogP contribution in [0.5, 0.6) is 0 Å². The van der Waals surface area contributed by atoms with E-state index in [9.17, 15) is 22.8 Å². The molecule has 1 saturated carbocycles. The molecule has 3 heterocycles. The molecule has 4 aliphatic rings. The van der Waals surface area contributed by atoms with Crippen molar-refractivity contribution >= 4 is 23.3 Å². The van der Waals surface area contributed by atoms with Gasteiger partial charge in [-0.2, -0.15) is 13.2 Å². The molecule has 0 bridgehead atoms. The molecule has 0 aromatic heterocycles. The van der Waals surface area contributed by atoms with Crippen molar-refractivity contribution in [1.82, 2.24) is 4.90 Å². The number of likely N-dealkylation sites (tertiary alicyclic amines) is 1. The second-order valence-corrected chi connectivity index (χ2v) is 11.4. The molecule has 5 rings (SSSR count). The van der Waals surface area contributed by atoms with Crippen LogP contribution in [0.15, 0.2) is 18.2 Å². The van der Waals surface area contributed by atoms with Crippen LogP contribution in [0.2, 0.25) is 0 Å². The number of carbonyl (C=O) groups is 2. The molecule has 204 valence electrons. The topological polar surface area (TPSA) is 53.1 Å². The van der Waals surface area contributed by atoms with Crippen LogP contribution in [0.3, 0.4) is 0 Å². The highest BCUT2D eigenvalue weighted by molar-refractivity contribution is 6.00. The number of hydrogen-bond acceptors (Lipinski definition) is 5. The molecular weight excluding hydrogens is 483 g/mol. The van der Waals surface area contributed by atoms with Crippen molar-refractivity contribution < 1.29 is 27.5 Å². The summed E-state index contributed by atoms with van der Waals surface area (Å²) in [4.78, 5) is 32.1. The average molecular weight is 522 g/mol. The van der Waals surface area contributed by atoms with Gasteiger partial charge in [0.2, 0.25) is 5.91 Å². The van der Waals surface area contributed by atoms with Crippen LogP contribution in [0, 0.1) is 12.3 Å². The van der Waals surface area contributed by atoms with Crippen LogP contribution in [-0.4, -0.2) is 67.3 Å². The number of halogens is 3.